The van der Waals surface area contributed by atoms with Crippen LogP contribution in [-0.4, -0.2) is 36.0 Å². The summed E-state index contributed by atoms with van der Waals surface area (Å²) in [6, 6.07) is 3.67. The monoisotopic (exact) mass is 395 g/mol. The number of hydrogen-bond donors (Lipinski definition) is 0. The maximum atomic E-state index is 13.1. The number of ether oxygens (including phenoxy) is 1. The Morgan fingerprint density at radius 3 is 2.67 bits per heavy atom. The smallest absolute Gasteiger partial charge is 0.328 e. The van der Waals surface area contributed by atoms with Gasteiger partial charge in [0, 0.05) is 11.0 Å². The Labute approximate surface area is 152 Å². The van der Waals surface area contributed by atoms with E-state index in [0.29, 0.717) is 19.6 Å². The van der Waals surface area contributed by atoms with E-state index in [-0.39, 0.29) is 17.8 Å². The number of esters is 1. The summed E-state index contributed by atoms with van der Waals surface area (Å²) in [5.74, 6) is -0.553. The molecule has 1 amide bonds. The Balaban J connectivity index is 2.25. The summed E-state index contributed by atoms with van der Waals surface area (Å²) < 4.78 is 6.17. The lowest BCUT2D eigenvalue weighted by atomic mass is 9.92. The molecule has 1 aromatic carbocycles. The molecule has 1 heterocycles. The van der Waals surface area contributed by atoms with E-state index < -0.39 is 6.04 Å². The van der Waals surface area contributed by atoms with Crippen molar-refractivity contribution >= 4 is 27.8 Å². The molecule has 0 saturated carbocycles. The van der Waals surface area contributed by atoms with Crippen LogP contribution in [0.25, 0.3) is 0 Å². The molecule has 0 aromatic heterocycles. The minimum Gasteiger partial charge on any atom is -0.464 e. The van der Waals surface area contributed by atoms with Crippen LogP contribution in [0.15, 0.2) is 16.6 Å². The lowest BCUT2D eigenvalue weighted by molar-refractivity contribution is -0.157. The number of aryl methyl sites for hydroxylation is 2. The van der Waals surface area contributed by atoms with Gasteiger partial charge in [0.1, 0.15) is 6.04 Å². The second-order valence-electron chi connectivity index (χ2n) is 6.47. The summed E-state index contributed by atoms with van der Waals surface area (Å²) in [7, 11) is 0. The average molecular weight is 396 g/mol. The van der Waals surface area contributed by atoms with Gasteiger partial charge in [-0.15, -0.1) is 0 Å². The predicted octanol–water partition coefficient (Wildman–Crippen LogP) is 4.11. The van der Waals surface area contributed by atoms with Gasteiger partial charge in [0.2, 0.25) is 5.91 Å². The van der Waals surface area contributed by atoms with Gasteiger partial charge in [-0.2, -0.15) is 0 Å². The number of benzene rings is 1. The molecule has 1 aromatic rings. The Bertz CT molecular complexity index is 629. The van der Waals surface area contributed by atoms with E-state index in [4.69, 9.17) is 4.74 Å². The van der Waals surface area contributed by atoms with Gasteiger partial charge in [0.15, 0.2) is 0 Å². The summed E-state index contributed by atoms with van der Waals surface area (Å²) in [4.78, 5) is 27.0. The molecular weight excluding hydrogens is 370 g/mol. The molecular formula is C19H26BrNO3. The van der Waals surface area contributed by atoms with Gasteiger partial charge >= 0.3 is 5.97 Å². The average Bonchev–Trinajstić information content (AvgIpc) is 2.57. The van der Waals surface area contributed by atoms with Crippen molar-refractivity contribution in [1.82, 2.24) is 4.90 Å². The highest BCUT2D eigenvalue weighted by molar-refractivity contribution is 9.10. The second kappa shape index (κ2) is 8.15. The molecule has 2 unspecified atom stereocenters. The van der Waals surface area contributed by atoms with E-state index in [1.807, 2.05) is 26.8 Å². The molecule has 2 rings (SSSR count). The number of amides is 1. The molecule has 1 aliphatic heterocycles. The van der Waals surface area contributed by atoms with Crippen LogP contribution in [0, 0.1) is 13.8 Å². The van der Waals surface area contributed by atoms with E-state index in [1.165, 1.54) is 0 Å². The summed E-state index contributed by atoms with van der Waals surface area (Å²) in [6.07, 6.45) is 2.58. The second-order valence-corrected chi connectivity index (χ2v) is 7.33. The number of carbonyl (C=O) groups is 2. The van der Waals surface area contributed by atoms with Crippen molar-refractivity contribution in [1.29, 1.82) is 0 Å². The van der Waals surface area contributed by atoms with Gasteiger partial charge in [-0.05, 0) is 69.7 Å². The largest absolute Gasteiger partial charge is 0.464 e. The van der Waals surface area contributed by atoms with Gasteiger partial charge in [-0.3, -0.25) is 4.79 Å². The molecule has 0 aliphatic carbocycles. The molecule has 4 nitrogen and oxygen atoms in total. The molecule has 0 radical (unpaired) electrons. The number of hydrogen-bond acceptors (Lipinski definition) is 3. The van der Waals surface area contributed by atoms with Crippen molar-refractivity contribution in [3.05, 3.63) is 33.3 Å². The van der Waals surface area contributed by atoms with Crippen LogP contribution >= 0.6 is 15.9 Å². The standard InChI is InChI=1S/C19H26BrNO3/c1-5-24-19(23)17-8-6-7-9-21(17)18(22)14(4)15-11-16(20)13(3)10-12(15)2/h10-11,14,17H,5-9H2,1-4H3. The number of nitrogens with zero attached hydrogens (tertiary/aromatic N) is 1. The lowest BCUT2D eigenvalue weighted by Gasteiger charge is -2.36. The topological polar surface area (TPSA) is 46.6 Å². The molecule has 0 bridgehead atoms. The van der Waals surface area contributed by atoms with Gasteiger partial charge in [-0.1, -0.05) is 22.0 Å². The lowest BCUT2D eigenvalue weighted by Crippen LogP contribution is -2.50. The zero-order valence-electron chi connectivity index (χ0n) is 14.9. The highest BCUT2D eigenvalue weighted by Gasteiger charge is 2.35. The fraction of sp³-hybridized carbons (Fsp3) is 0.579. The Kier molecular flexibility index (Phi) is 6.44. The normalized spacial score (nSPS) is 19.0. The summed E-state index contributed by atoms with van der Waals surface area (Å²) >= 11 is 3.55. The van der Waals surface area contributed by atoms with Gasteiger partial charge in [-0.25, -0.2) is 4.79 Å². The first-order chi connectivity index (χ1) is 11.4. The van der Waals surface area contributed by atoms with Crippen LogP contribution in [0.1, 0.15) is 55.7 Å². The first-order valence-electron chi connectivity index (χ1n) is 8.60. The Morgan fingerprint density at radius 1 is 1.29 bits per heavy atom. The van der Waals surface area contributed by atoms with Gasteiger partial charge in [0.05, 0.1) is 12.5 Å². The minimum absolute atomic E-state index is 0.00612. The first-order valence-corrected chi connectivity index (χ1v) is 9.39. The Hall–Kier alpha value is -1.36. The SMILES string of the molecule is CCOC(=O)C1CCCCN1C(=O)C(C)c1cc(Br)c(C)cc1C. The fourth-order valence-electron chi connectivity index (χ4n) is 3.37. The molecule has 0 N–H and O–H groups in total. The third kappa shape index (κ3) is 4.00. The summed E-state index contributed by atoms with van der Waals surface area (Å²) in [6.45, 7) is 8.74. The molecule has 1 saturated heterocycles. The maximum Gasteiger partial charge on any atom is 0.328 e. The molecule has 0 spiro atoms. The van der Waals surface area contributed by atoms with Crippen molar-refractivity contribution in [2.45, 2.75) is 58.9 Å². The van der Waals surface area contributed by atoms with Crippen LogP contribution in [0.2, 0.25) is 0 Å². The van der Waals surface area contributed by atoms with Gasteiger partial charge in [0.25, 0.3) is 0 Å². The van der Waals surface area contributed by atoms with E-state index in [9.17, 15) is 9.59 Å². The van der Waals surface area contributed by atoms with Crippen LogP contribution in [-0.2, 0) is 14.3 Å². The third-order valence-electron chi connectivity index (χ3n) is 4.73. The van der Waals surface area contributed by atoms with Crippen molar-refractivity contribution in [3.63, 3.8) is 0 Å². The maximum absolute atomic E-state index is 13.1. The van der Waals surface area contributed by atoms with Gasteiger partial charge < -0.3 is 9.64 Å². The summed E-state index contributed by atoms with van der Waals surface area (Å²) in [5, 5.41) is 0. The molecule has 132 valence electrons. The highest BCUT2D eigenvalue weighted by atomic mass is 79.9. The zero-order valence-corrected chi connectivity index (χ0v) is 16.5. The quantitative estimate of drug-likeness (QED) is 0.720. The fourth-order valence-corrected chi connectivity index (χ4v) is 3.73. The first kappa shape index (κ1) is 19.0. The molecule has 1 fully saturated rings. The third-order valence-corrected chi connectivity index (χ3v) is 5.58. The van der Waals surface area contributed by atoms with Crippen molar-refractivity contribution in [2.24, 2.45) is 0 Å². The van der Waals surface area contributed by atoms with Crippen LogP contribution in [0.3, 0.4) is 0 Å². The van der Waals surface area contributed by atoms with E-state index in [0.717, 1.165) is 34.0 Å². The van der Waals surface area contributed by atoms with Crippen molar-refractivity contribution in [3.8, 4) is 0 Å². The van der Waals surface area contributed by atoms with Crippen LogP contribution in [0.4, 0.5) is 0 Å². The molecule has 5 heteroatoms. The van der Waals surface area contributed by atoms with Crippen LogP contribution in [0.5, 0.6) is 0 Å². The number of halogens is 1. The Morgan fingerprint density at radius 2 is 2.00 bits per heavy atom. The van der Waals surface area contributed by atoms with E-state index in [2.05, 4.69) is 22.0 Å². The van der Waals surface area contributed by atoms with Crippen molar-refractivity contribution in [2.75, 3.05) is 13.2 Å². The molecule has 2 atom stereocenters. The number of rotatable bonds is 4. The van der Waals surface area contributed by atoms with Crippen LogP contribution < -0.4 is 0 Å². The zero-order chi connectivity index (χ0) is 17.9. The predicted molar refractivity (Wildman–Crippen MR) is 98.0 cm³/mol. The molecule has 24 heavy (non-hydrogen) atoms. The minimum atomic E-state index is -0.442. The number of piperidine rings is 1. The highest BCUT2D eigenvalue weighted by Crippen LogP contribution is 2.30. The van der Waals surface area contributed by atoms with E-state index >= 15 is 0 Å². The van der Waals surface area contributed by atoms with E-state index in [1.54, 1.807) is 11.8 Å². The van der Waals surface area contributed by atoms with Crippen molar-refractivity contribution < 1.29 is 14.3 Å². The number of likely N-dealkylation sites (tertiary alicyclic amines) is 1. The summed E-state index contributed by atoms with van der Waals surface area (Å²) in [5.41, 5.74) is 3.25. The number of carbonyl (C=O) groups excluding carboxylic acids is 2. The molecule has 1 aliphatic rings.